The van der Waals surface area contributed by atoms with Gasteiger partial charge >= 0.3 is 6.09 Å². The monoisotopic (exact) mass is 350 g/mol. The van der Waals surface area contributed by atoms with Gasteiger partial charge in [-0.3, -0.25) is 9.80 Å². The molecule has 0 atom stereocenters. The van der Waals surface area contributed by atoms with Crippen LogP contribution < -0.4 is 11.2 Å². The van der Waals surface area contributed by atoms with Crippen molar-refractivity contribution in [1.82, 2.24) is 20.1 Å². The Labute approximate surface area is 147 Å². The maximum absolute atomic E-state index is 12.2. The van der Waals surface area contributed by atoms with Crippen LogP contribution >= 0.6 is 0 Å². The molecule has 25 heavy (non-hydrogen) atoms. The predicted molar refractivity (Wildman–Crippen MR) is 92.4 cm³/mol. The molecule has 3 N–H and O–H groups in total. The van der Waals surface area contributed by atoms with Crippen LogP contribution in [0.1, 0.15) is 27.2 Å². The van der Waals surface area contributed by atoms with Gasteiger partial charge in [-0.05, 0) is 20.8 Å². The molecular formula is C16H26N6O3. The Morgan fingerprint density at radius 1 is 1.24 bits per heavy atom. The van der Waals surface area contributed by atoms with E-state index in [1.54, 1.807) is 9.91 Å². The molecule has 0 unspecified atom stereocenters. The number of hydrogen-bond donors (Lipinski definition) is 2. The molecule has 2 amide bonds. The van der Waals surface area contributed by atoms with E-state index >= 15 is 0 Å². The van der Waals surface area contributed by atoms with Gasteiger partial charge in [-0.2, -0.15) is 0 Å². The quantitative estimate of drug-likeness (QED) is 0.589. The van der Waals surface area contributed by atoms with Crippen LogP contribution in [0.5, 0.6) is 0 Å². The number of carbonyl (C=O) groups excluding carboxylic acids is 2. The second-order valence-electron chi connectivity index (χ2n) is 7.43. The van der Waals surface area contributed by atoms with Crippen molar-refractivity contribution in [3.05, 3.63) is 11.3 Å². The molecule has 0 aliphatic carbocycles. The summed E-state index contributed by atoms with van der Waals surface area (Å²) in [5.74, 6) is 6.79. The molecule has 1 fully saturated rings. The Morgan fingerprint density at radius 2 is 1.92 bits per heavy atom. The first-order valence-electron chi connectivity index (χ1n) is 8.53. The summed E-state index contributed by atoms with van der Waals surface area (Å²) in [4.78, 5) is 32.4. The lowest BCUT2D eigenvalue weighted by Crippen LogP contribution is -2.54. The zero-order valence-electron chi connectivity index (χ0n) is 15.0. The van der Waals surface area contributed by atoms with Gasteiger partial charge in [-0.1, -0.05) is 0 Å². The Bertz CT molecular complexity index is 628. The molecule has 3 aliphatic heterocycles. The highest BCUT2D eigenvalue weighted by Gasteiger charge is 2.33. The molecule has 9 nitrogen and oxygen atoms in total. The topological polar surface area (TPSA) is 104 Å². The van der Waals surface area contributed by atoms with E-state index in [-0.39, 0.29) is 18.4 Å². The van der Waals surface area contributed by atoms with E-state index < -0.39 is 5.60 Å². The van der Waals surface area contributed by atoms with Crippen molar-refractivity contribution in [3.8, 4) is 0 Å². The van der Waals surface area contributed by atoms with Crippen LogP contribution in [0.2, 0.25) is 0 Å². The number of nitrogens with one attached hydrogen (secondary N) is 1. The first-order chi connectivity index (χ1) is 11.7. The SMILES string of the molecule is CC(C)(C)OC(=O)N1CCN(C2=NCN(N)C3=C2CC(=O)NC3)CC1. The van der Waals surface area contributed by atoms with Gasteiger partial charge in [0.05, 0.1) is 18.7 Å². The molecule has 3 rings (SSSR count). The van der Waals surface area contributed by atoms with E-state index in [4.69, 9.17) is 10.6 Å². The van der Waals surface area contributed by atoms with Gasteiger partial charge < -0.3 is 19.9 Å². The maximum Gasteiger partial charge on any atom is 0.410 e. The number of nitrogens with zero attached hydrogens (tertiary/aromatic N) is 4. The van der Waals surface area contributed by atoms with Crippen LogP contribution in [0.15, 0.2) is 16.3 Å². The van der Waals surface area contributed by atoms with Gasteiger partial charge in [0.25, 0.3) is 0 Å². The average Bonchev–Trinajstić information content (AvgIpc) is 2.54. The summed E-state index contributed by atoms with van der Waals surface area (Å²) in [6.45, 7) is 8.82. The summed E-state index contributed by atoms with van der Waals surface area (Å²) in [7, 11) is 0. The molecule has 0 aromatic carbocycles. The minimum absolute atomic E-state index is 0.0193. The highest BCUT2D eigenvalue weighted by atomic mass is 16.6. The highest BCUT2D eigenvalue weighted by Crippen LogP contribution is 2.23. The predicted octanol–water partition coefficient (Wildman–Crippen LogP) is -0.142. The number of amidine groups is 1. The summed E-state index contributed by atoms with van der Waals surface area (Å²) in [5.41, 5.74) is 1.31. The third-order valence-corrected chi connectivity index (χ3v) is 4.36. The van der Waals surface area contributed by atoms with Gasteiger partial charge in [0.15, 0.2) is 0 Å². The van der Waals surface area contributed by atoms with E-state index in [1.807, 2.05) is 20.8 Å². The Balaban J connectivity index is 1.66. The molecule has 0 radical (unpaired) electrons. The number of rotatable bonds is 0. The third kappa shape index (κ3) is 3.87. The molecule has 0 aromatic rings. The zero-order valence-corrected chi connectivity index (χ0v) is 15.0. The molecule has 0 bridgehead atoms. The van der Waals surface area contributed by atoms with Crippen molar-refractivity contribution in [3.63, 3.8) is 0 Å². The van der Waals surface area contributed by atoms with Crippen molar-refractivity contribution < 1.29 is 14.3 Å². The minimum Gasteiger partial charge on any atom is -0.444 e. The average molecular weight is 350 g/mol. The van der Waals surface area contributed by atoms with Crippen molar-refractivity contribution in [2.75, 3.05) is 39.4 Å². The lowest BCUT2D eigenvalue weighted by Gasteiger charge is -2.40. The zero-order chi connectivity index (χ0) is 18.2. The fourth-order valence-corrected chi connectivity index (χ4v) is 3.14. The number of carbonyl (C=O) groups is 2. The molecule has 1 saturated heterocycles. The maximum atomic E-state index is 12.2. The van der Waals surface area contributed by atoms with Crippen LogP contribution in [-0.2, 0) is 9.53 Å². The normalized spacial score (nSPS) is 21.7. The summed E-state index contributed by atoms with van der Waals surface area (Å²) in [5, 5.41) is 4.40. The number of piperazine rings is 1. The van der Waals surface area contributed by atoms with Gasteiger partial charge in [0, 0.05) is 31.8 Å². The van der Waals surface area contributed by atoms with Gasteiger partial charge in [0.1, 0.15) is 18.1 Å². The molecule has 3 aliphatic rings. The summed E-state index contributed by atoms with van der Waals surface area (Å²) in [6.07, 6.45) is -0.00320. The fourth-order valence-electron chi connectivity index (χ4n) is 3.14. The van der Waals surface area contributed by atoms with E-state index in [1.165, 1.54) is 0 Å². The molecule has 0 aromatic heterocycles. The van der Waals surface area contributed by atoms with Crippen LogP contribution in [0.3, 0.4) is 0 Å². The van der Waals surface area contributed by atoms with E-state index in [9.17, 15) is 9.59 Å². The number of aliphatic imine (C=N–C) groups is 1. The second-order valence-corrected chi connectivity index (χ2v) is 7.43. The van der Waals surface area contributed by atoms with Gasteiger partial charge in [0.2, 0.25) is 5.91 Å². The summed E-state index contributed by atoms with van der Waals surface area (Å²) in [6, 6.07) is 0. The number of hydrazine groups is 1. The Morgan fingerprint density at radius 3 is 2.56 bits per heavy atom. The van der Waals surface area contributed by atoms with Crippen LogP contribution in [0.25, 0.3) is 0 Å². The molecule has 138 valence electrons. The van der Waals surface area contributed by atoms with Crippen molar-refractivity contribution in [1.29, 1.82) is 0 Å². The van der Waals surface area contributed by atoms with Crippen molar-refractivity contribution in [2.24, 2.45) is 10.8 Å². The van der Waals surface area contributed by atoms with E-state index in [2.05, 4.69) is 15.2 Å². The smallest absolute Gasteiger partial charge is 0.410 e. The van der Waals surface area contributed by atoms with Gasteiger partial charge in [-0.25, -0.2) is 15.6 Å². The van der Waals surface area contributed by atoms with E-state index in [0.717, 1.165) is 17.1 Å². The lowest BCUT2D eigenvalue weighted by molar-refractivity contribution is -0.120. The van der Waals surface area contributed by atoms with Crippen LogP contribution in [-0.4, -0.2) is 77.6 Å². The van der Waals surface area contributed by atoms with Crippen molar-refractivity contribution >= 4 is 17.8 Å². The molecule has 3 heterocycles. The second kappa shape index (κ2) is 6.55. The van der Waals surface area contributed by atoms with Crippen LogP contribution in [0, 0.1) is 0 Å². The first kappa shape index (κ1) is 17.5. The Kier molecular flexibility index (Phi) is 4.59. The Hall–Kier alpha value is -2.29. The standard InChI is InChI=1S/C16H26N6O3/c1-16(2,3)25-15(24)21-6-4-20(5-7-21)14-11-8-13(23)18-9-12(11)22(17)10-19-14/h4-10,17H2,1-3H3,(H,18,23). The number of amides is 2. The first-order valence-corrected chi connectivity index (χ1v) is 8.53. The molecule has 0 saturated carbocycles. The van der Waals surface area contributed by atoms with Crippen LogP contribution in [0.4, 0.5) is 4.79 Å². The van der Waals surface area contributed by atoms with E-state index in [0.29, 0.717) is 39.4 Å². The number of ether oxygens (including phenoxy) is 1. The molecule has 0 spiro atoms. The lowest BCUT2D eigenvalue weighted by atomic mass is 10.0. The highest BCUT2D eigenvalue weighted by molar-refractivity contribution is 6.04. The summed E-state index contributed by atoms with van der Waals surface area (Å²) >= 11 is 0. The fraction of sp³-hybridized carbons (Fsp3) is 0.688. The van der Waals surface area contributed by atoms with Crippen molar-refractivity contribution in [2.45, 2.75) is 32.8 Å². The largest absolute Gasteiger partial charge is 0.444 e. The van der Waals surface area contributed by atoms with Gasteiger partial charge in [-0.15, -0.1) is 0 Å². The summed E-state index contributed by atoms with van der Waals surface area (Å²) < 4.78 is 5.42. The minimum atomic E-state index is -0.499. The third-order valence-electron chi connectivity index (χ3n) is 4.36. The number of nitrogens with two attached hydrogens (primary N) is 1. The molecule has 9 heteroatoms. The number of hydrogen-bond acceptors (Lipinski definition) is 7. The molecular weight excluding hydrogens is 324 g/mol.